The number of amides is 1. The average molecular weight is 306 g/mol. The zero-order chi connectivity index (χ0) is 15.4. The highest BCUT2D eigenvalue weighted by molar-refractivity contribution is 7.17. The number of carbonyl (C=O) groups is 2. The number of furan rings is 1. The molecule has 0 radical (unpaired) electrons. The van der Waals surface area contributed by atoms with Crippen LogP contribution < -0.4 is 5.32 Å². The summed E-state index contributed by atoms with van der Waals surface area (Å²) in [7, 11) is 1.30. The van der Waals surface area contributed by atoms with Crippen LogP contribution in [0.25, 0.3) is 6.08 Å². The molecule has 1 amide bonds. The van der Waals surface area contributed by atoms with Gasteiger partial charge in [0.2, 0.25) is 5.91 Å². The number of hydrogen-bond donors (Lipinski definition) is 1. The van der Waals surface area contributed by atoms with Crippen molar-refractivity contribution in [3.63, 3.8) is 0 Å². The molecule has 6 nitrogen and oxygen atoms in total. The number of carbonyl (C=O) groups excluding carboxylic acids is 2. The number of methoxy groups -OCH3 is 1. The Hall–Kier alpha value is -2.41. The molecule has 2 aromatic rings. The lowest BCUT2D eigenvalue weighted by Crippen LogP contribution is -2.07. The lowest BCUT2D eigenvalue weighted by molar-refractivity contribution is -0.111. The standard InChI is InChI=1S/C14H14N2O4S/c1-8-4-5-10(20-8)6-7-11(17)16-14-15-9(2)12(21-14)13(18)19-3/h4-7H,1-3H3,(H,15,16,17). The van der Waals surface area contributed by atoms with Gasteiger partial charge in [-0.1, -0.05) is 11.3 Å². The van der Waals surface area contributed by atoms with Crippen molar-refractivity contribution in [2.45, 2.75) is 13.8 Å². The van der Waals surface area contributed by atoms with Crippen molar-refractivity contribution in [3.8, 4) is 0 Å². The molecule has 2 heterocycles. The highest BCUT2D eigenvalue weighted by Crippen LogP contribution is 2.23. The lowest BCUT2D eigenvalue weighted by atomic mass is 10.4. The van der Waals surface area contributed by atoms with Crippen LogP contribution in [0.4, 0.5) is 5.13 Å². The first kappa shape index (κ1) is 15.0. The van der Waals surface area contributed by atoms with Gasteiger partial charge in [0, 0.05) is 6.08 Å². The van der Waals surface area contributed by atoms with Gasteiger partial charge in [-0.05, 0) is 32.1 Å². The molecule has 110 valence electrons. The third kappa shape index (κ3) is 3.79. The summed E-state index contributed by atoms with van der Waals surface area (Å²) in [5.74, 6) is 0.544. The maximum Gasteiger partial charge on any atom is 0.350 e. The second-order valence-corrected chi connectivity index (χ2v) is 5.20. The van der Waals surface area contributed by atoms with Gasteiger partial charge in [0.1, 0.15) is 16.4 Å². The molecule has 0 aliphatic rings. The summed E-state index contributed by atoms with van der Waals surface area (Å²) >= 11 is 1.07. The Balaban J connectivity index is 2.03. The summed E-state index contributed by atoms with van der Waals surface area (Å²) in [6, 6.07) is 3.58. The van der Waals surface area contributed by atoms with Gasteiger partial charge in [-0.3, -0.25) is 10.1 Å². The van der Waals surface area contributed by atoms with Gasteiger partial charge in [-0.25, -0.2) is 9.78 Å². The zero-order valence-electron chi connectivity index (χ0n) is 11.8. The normalized spacial score (nSPS) is 10.8. The molecule has 2 aromatic heterocycles. The number of esters is 1. The number of ether oxygens (including phenoxy) is 1. The first-order valence-corrected chi connectivity index (χ1v) is 6.92. The summed E-state index contributed by atoms with van der Waals surface area (Å²) in [5, 5.41) is 2.94. The SMILES string of the molecule is COC(=O)c1sc(NC(=O)C=Cc2ccc(C)o2)nc1C. The van der Waals surface area contributed by atoms with Gasteiger partial charge >= 0.3 is 5.97 Å². The highest BCUT2D eigenvalue weighted by Gasteiger charge is 2.16. The fourth-order valence-electron chi connectivity index (χ4n) is 1.58. The maximum absolute atomic E-state index is 11.8. The number of hydrogen-bond acceptors (Lipinski definition) is 6. The monoisotopic (exact) mass is 306 g/mol. The van der Waals surface area contributed by atoms with E-state index in [4.69, 9.17) is 4.42 Å². The molecule has 1 N–H and O–H groups in total. The van der Waals surface area contributed by atoms with Crippen molar-refractivity contribution in [2.75, 3.05) is 12.4 Å². The fourth-order valence-corrected chi connectivity index (χ4v) is 2.47. The van der Waals surface area contributed by atoms with Gasteiger partial charge in [-0.15, -0.1) is 0 Å². The topological polar surface area (TPSA) is 81.4 Å². The fraction of sp³-hybridized carbons (Fsp3) is 0.214. The van der Waals surface area contributed by atoms with Crippen molar-refractivity contribution in [1.29, 1.82) is 0 Å². The third-order valence-corrected chi connectivity index (χ3v) is 3.61. The van der Waals surface area contributed by atoms with Gasteiger partial charge in [0.05, 0.1) is 12.8 Å². The molecular weight excluding hydrogens is 292 g/mol. The number of thiazole rings is 1. The summed E-state index contributed by atoms with van der Waals surface area (Å²) in [5.41, 5.74) is 0.521. The number of nitrogens with zero attached hydrogens (tertiary/aromatic N) is 1. The molecule has 21 heavy (non-hydrogen) atoms. The first-order valence-electron chi connectivity index (χ1n) is 6.11. The number of rotatable bonds is 4. The number of aryl methyl sites for hydroxylation is 2. The van der Waals surface area contributed by atoms with E-state index in [0.29, 0.717) is 21.5 Å². The Kier molecular flexibility index (Phi) is 4.54. The van der Waals surface area contributed by atoms with E-state index in [-0.39, 0.29) is 5.91 Å². The number of aromatic nitrogens is 1. The molecule has 7 heteroatoms. The molecule has 0 aliphatic carbocycles. The van der Waals surface area contributed by atoms with Gasteiger partial charge in [-0.2, -0.15) is 0 Å². The van der Waals surface area contributed by atoms with Crippen LogP contribution in [0.15, 0.2) is 22.6 Å². The first-order chi connectivity index (χ1) is 9.99. The molecule has 0 aliphatic heterocycles. The van der Waals surface area contributed by atoms with Crippen LogP contribution in [-0.4, -0.2) is 24.0 Å². The third-order valence-electron chi connectivity index (χ3n) is 2.56. The molecule has 0 spiro atoms. The summed E-state index contributed by atoms with van der Waals surface area (Å²) < 4.78 is 9.95. The van der Waals surface area contributed by atoms with Crippen molar-refractivity contribution >= 4 is 34.4 Å². The molecular formula is C14H14N2O4S. The second kappa shape index (κ2) is 6.36. The minimum absolute atomic E-state index is 0.346. The van der Waals surface area contributed by atoms with E-state index in [0.717, 1.165) is 17.1 Å². The summed E-state index contributed by atoms with van der Waals surface area (Å²) in [6.45, 7) is 3.50. The van der Waals surface area contributed by atoms with E-state index in [2.05, 4.69) is 15.0 Å². The number of nitrogens with one attached hydrogen (secondary N) is 1. The second-order valence-electron chi connectivity index (χ2n) is 4.20. The summed E-state index contributed by atoms with van der Waals surface area (Å²) in [6.07, 6.45) is 2.90. The molecule has 0 bridgehead atoms. The zero-order valence-corrected chi connectivity index (χ0v) is 12.6. The van der Waals surface area contributed by atoms with Crippen LogP contribution >= 0.6 is 11.3 Å². The van der Waals surface area contributed by atoms with Crippen LogP contribution in [-0.2, 0) is 9.53 Å². The van der Waals surface area contributed by atoms with Gasteiger partial charge in [0.15, 0.2) is 5.13 Å². The molecule has 0 atom stereocenters. The van der Waals surface area contributed by atoms with Crippen LogP contribution in [0.1, 0.15) is 26.9 Å². The van der Waals surface area contributed by atoms with Crippen molar-refractivity contribution in [2.24, 2.45) is 0 Å². The minimum Gasteiger partial charge on any atom is -0.465 e. The average Bonchev–Trinajstić information content (AvgIpc) is 3.02. The predicted octanol–water partition coefficient (Wildman–Crippen LogP) is 2.79. The van der Waals surface area contributed by atoms with Crippen molar-refractivity contribution in [3.05, 3.63) is 40.3 Å². The van der Waals surface area contributed by atoms with Crippen LogP contribution in [0, 0.1) is 13.8 Å². The van der Waals surface area contributed by atoms with E-state index in [9.17, 15) is 9.59 Å². The van der Waals surface area contributed by atoms with E-state index in [1.165, 1.54) is 13.2 Å². The van der Waals surface area contributed by atoms with E-state index in [1.807, 2.05) is 13.0 Å². The Labute approximate surface area is 125 Å². The molecule has 0 saturated heterocycles. The molecule has 2 rings (SSSR count). The maximum atomic E-state index is 11.8. The minimum atomic E-state index is -0.466. The lowest BCUT2D eigenvalue weighted by Gasteiger charge is -1.95. The Morgan fingerprint density at radius 3 is 2.76 bits per heavy atom. The highest BCUT2D eigenvalue weighted by atomic mass is 32.1. The van der Waals surface area contributed by atoms with Crippen molar-refractivity contribution < 1.29 is 18.7 Å². The van der Waals surface area contributed by atoms with E-state index in [1.54, 1.807) is 19.1 Å². The molecule has 0 saturated carbocycles. The van der Waals surface area contributed by atoms with Crippen molar-refractivity contribution in [1.82, 2.24) is 4.98 Å². The van der Waals surface area contributed by atoms with Crippen LogP contribution in [0.3, 0.4) is 0 Å². The summed E-state index contributed by atoms with van der Waals surface area (Å²) in [4.78, 5) is 27.7. The number of anilines is 1. The molecule has 0 unspecified atom stereocenters. The smallest absolute Gasteiger partial charge is 0.350 e. The van der Waals surface area contributed by atoms with Crippen LogP contribution in [0.2, 0.25) is 0 Å². The largest absolute Gasteiger partial charge is 0.465 e. The van der Waals surface area contributed by atoms with Gasteiger partial charge < -0.3 is 9.15 Å². The predicted molar refractivity (Wildman–Crippen MR) is 79.3 cm³/mol. The Morgan fingerprint density at radius 2 is 2.14 bits per heavy atom. The Bertz CT molecular complexity index is 700. The molecule has 0 aromatic carbocycles. The van der Waals surface area contributed by atoms with E-state index >= 15 is 0 Å². The quantitative estimate of drug-likeness (QED) is 0.694. The van der Waals surface area contributed by atoms with Gasteiger partial charge in [0.25, 0.3) is 0 Å². The van der Waals surface area contributed by atoms with E-state index < -0.39 is 5.97 Å². The molecule has 0 fully saturated rings. The van der Waals surface area contributed by atoms with Crippen LogP contribution in [0.5, 0.6) is 0 Å². The Morgan fingerprint density at radius 1 is 1.38 bits per heavy atom.